The lowest BCUT2D eigenvalue weighted by Crippen LogP contribution is -2.15. The van der Waals surface area contributed by atoms with Gasteiger partial charge in [-0.3, -0.25) is 9.36 Å². The third kappa shape index (κ3) is 5.38. The van der Waals surface area contributed by atoms with Crippen LogP contribution in [0.5, 0.6) is 5.75 Å². The molecule has 0 aliphatic carbocycles. The summed E-state index contributed by atoms with van der Waals surface area (Å²) < 4.78 is 7.21. The Labute approximate surface area is 202 Å². The lowest BCUT2D eigenvalue weighted by atomic mass is 10.1. The molecular weight excluding hydrogens is 456 g/mol. The lowest BCUT2D eigenvalue weighted by molar-refractivity contribution is -0.113. The Morgan fingerprint density at radius 1 is 1.03 bits per heavy atom. The van der Waals surface area contributed by atoms with Crippen LogP contribution in [0.2, 0.25) is 5.02 Å². The molecule has 1 heterocycles. The van der Waals surface area contributed by atoms with Crippen LogP contribution in [0, 0.1) is 13.8 Å². The van der Waals surface area contributed by atoms with Crippen LogP contribution < -0.4 is 10.1 Å². The Balaban J connectivity index is 1.61. The molecule has 3 aromatic carbocycles. The normalized spacial score (nSPS) is 10.8. The average Bonchev–Trinajstić information content (AvgIpc) is 3.24. The molecule has 0 spiro atoms. The number of hydrogen-bond donors (Lipinski definition) is 1. The number of hydrogen-bond acceptors (Lipinski definition) is 5. The molecule has 0 unspecified atom stereocenters. The van der Waals surface area contributed by atoms with Gasteiger partial charge in [0, 0.05) is 22.0 Å². The number of benzene rings is 3. The highest BCUT2D eigenvalue weighted by atomic mass is 35.5. The summed E-state index contributed by atoms with van der Waals surface area (Å²) in [5.74, 6) is 1.50. The second-order valence-corrected chi connectivity index (χ2v) is 8.88. The van der Waals surface area contributed by atoms with E-state index in [2.05, 4.69) is 15.5 Å². The zero-order valence-electron chi connectivity index (χ0n) is 18.5. The minimum Gasteiger partial charge on any atom is -0.497 e. The Hall–Kier alpha value is -3.29. The topological polar surface area (TPSA) is 69.0 Å². The Kier molecular flexibility index (Phi) is 7.01. The van der Waals surface area contributed by atoms with E-state index in [-0.39, 0.29) is 11.7 Å². The van der Waals surface area contributed by atoms with Crippen molar-refractivity contribution in [2.75, 3.05) is 18.2 Å². The van der Waals surface area contributed by atoms with E-state index in [4.69, 9.17) is 16.3 Å². The van der Waals surface area contributed by atoms with Crippen molar-refractivity contribution in [3.8, 4) is 22.8 Å². The smallest absolute Gasteiger partial charge is 0.234 e. The Bertz CT molecular complexity index is 1270. The number of methoxy groups -OCH3 is 1. The number of thioether (sulfide) groups is 1. The maximum absolute atomic E-state index is 12.7. The minimum absolute atomic E-state index is 0.106. The summed E-state index contributed by atoms with van der Waals surface area (Å²) in [6, 6.07) is 21.0. The van der Waals surface area contributed by atoms with Gasteiger partial charge in [-0.15, -0.1) is 10.2 Å². The monoisotopic (exact) mass is 478 g/mol. The number of carbonyl (C=O) groups excluding carboxylic acids is 1. The molecule has 4 aromatic rings. The zero-order valence-corrected chi connectivity index (χ0v) is 20.1. The molecule has 1 amide bonds. The van der Waals surface area contributed by atoms with Gasteiger partial charge >= 0.3 is 0 Å². The van der Waals surface area contributed by atoms with Crippen LogP contribution in [0.3, 0.4) is 0 Å². The van der Waals surface area contributed by atoms with E-state index in [0.717, 1.165) is 33.8 Å². The maximum Gasteiger partial charge on any atom is 0.234 e. The molecule has 0 bridgehead atoms. The van der Waals surface area contributed by atoms with Gasteiger partial charge in [0.05, 0.1) is 12.9 Å². The van der Waals surface area contributed by atoms with Gasteiger partial charge in [-0.2, -0.15) is 0 Å². The van der Waals surface area contributed by atoms with E-state index in [1.54, 1.807) is 7.11 Å². The first kappa shape index (κ1) is 22.9. The summed E-state index contributed by atoms with van der Waals surface area (Å²) >= 11 is 7.39. The second kappa shape index (κ2) is 10.1. The summed E-state index contributed by atoms with van der Waals surface area (Å²) in [7, 11) is 1.63. The summed E-state index contributed by atoms with van der Waals surface area (Å²) in [6.07, 6.45) is 0. The largest absolute Gasteiger partial charge is 0.497 e. The van der Waals surface area contributed by atoms with Gasteiger partial charge in [-0.25, -0.2) is 0 Å². The van der Waals surface area contributed by atoms with E-state index in [9.17, 15) is 4.79 Å². The molecule has 0 saturated carbocycles. The molecule has 6 nitrogen and oxygen atoms in total. The molecule has 4 rings (SSSR count). The molecule has 33 heavy (non-hydrogen) atoms. The van der Waals surface area contributed by atoms with Crippen molar-refractivity contribution in [1.82, 2.24) is 14.8 Å². The fraction of sp³-hybridized carbons (Fsp3) is 0.160. The zero-order chi connectivity index (χ0) is 23.4. The Morgan fingerprint density at radius 3 is 2.45 bits per heavy atom. The van der Waals surface area contributed by atoms with Gasteiger partial charge in [-0.05, 0) is 79.6 Å². The first-order valence-electron chi connectivity index (χ1n) is 10.3. The number of aromatic nitrogens is 3. The molecule has 0 fully saturated rings. The quantitative estimate of drug-likeness (QED) is 0.333. The molecule has 0 aliphatic rings. The SMILES string of the molecule is COc1ccc(-n2c(SCC(=O)Nc3cc(C)ccc3C)nnc2-c2ccc(Cl)cc2)cc1. The van der Waals surface area contributed by atoms with Crippen LogP contribution >= 0.6 is 23.4 Å². The van der Waals surface area contributed by atoms with E-state index in [1.165, 1.54) is 11.8 Å². The lowest BCUT2D eigenvalue weighted by Gasteiger charge is -2.12. The molecule has 0 aliphatic heterocycles. The highest BCUT2D eigenvalue weighted by Crippen LogP contribution is 2.30. The van der Waals surface area contributed by atoms with Crippen molar-refractivity contribution >= 4 is 35.0 Å². The van der Waals surface area contributed by atoms with Crippen LogP contribution in [-0.4, -0.2) is 33.5 Å². The number of rotatable bonds is 7. The van der Waals surface area contributed by atoms with Crippen molar-refractivity contribution in [2.45, 2.75) is 19.0 Å². The number of amides is 1. The van der Waals surface area contributed by atoms with E-state index < -0.39 is 0 Å². The standard InChI is InChI=1S/C25H23ClN4O2S/c1-16-4-5-17(2)22(14-16)27-23(31)15-33-25-29-28-24(18-6-8-19(26)9-7-18)30(25)20-10-12-21(32-3)13-11-20/h4-14H,15H2,1-3H3,(H,27,31). The molecule has 1 aromatic heterocycles. The first-order chi connectivity index (χ1) is 15.9. The van der Waals surface area contributed by atoms with Crippen molar-refractivity contribution in [2.24, 2.45) is 0 Å². The Morgan fingerprint density at radius 2 is 1.76 bits per heavy atom. The molecule has 168 valence electrons. The van der Waals surface area contributed by atoms with E-state index in [0.29, 0.717) is 16.0 Å². The van der Waals surface area contributed by atoms with Gasteiger partial charge < -0.3 is 10.1 Å². The van der Waals surface area contributed by atoms with Crippen LogP contribution in [0.25, 0.3) is 17.1 Å². The molecule has 0 atom stereocenters. The number of aryl methyl sites for hydroxylation is 2. The van der Waals surface area contributed by atoms with Crippen molar-refractivity contribution in [3.05, 3.63) is 82.9 Å². The van der Waals surface area contributed by atoms with Crippen molar-refractivity contribution in [1.29, 1.82) is 0 Å². The molecular formula is C25H23ClN4O2S. The first-order valence-corrected chi connectivity index (χ1v) is 11.7. The number of carbonyl (C=O) groups is 1. The van der Waals surface area contributed by atoms with Crippen LogP contribution in [0.4, 0.5) is 5.69 Å². The number of halogens is 1. The van der Waals surface area contributed by atoms with E-state index in [1.807, 2.05) is 85.1 Å². The molecule has 0 saturated heterocycles. The molecule has 8 heteroatoms. The van der Waals surface area contributed by atoms with Crippen molar-refractivity contribution in [3.63, 3.8) is 0 Å². The summed E-state index contributed by atoms with van der Waals surface area (Å²) in [4.78, 5) is 12.7. The summed E-state index contributed by atoms with van der Waals surface area (Å²) in [5.41, 5.74) is 4.66. The summed E-state index contributed by atoms with van der Waals surface area (Å²) in [6.45, 7) is 3.97. The summed E-state index contributed by atoms with van der Waals surface area (Å²) in [5, 5.41) is 13.0. The third-order valence-corrected chi connectivity index (χ3v) is 6.25. The van der Waals surface area contributed by atoms with Crippen LogP contribution in [-0.2, 0) is 4.79 Å². The van der Waals surface area contributed by atoms with E-state index >= 15 is 0 Å². The maximum atomic E-state index is 12.7. The fourth-order valence-electron chi connectivity index (χ4n) is 3.30. The van der Waals surface area contributed by atoms with Gasteiger partial charge in [0.1, 0.15) is 5.75 Å². The van der Waals surface area contributed by atoms with Crippen LogP contribution in [0.15, 0.2) is 71.9 Å². The predicted molar refractivity (Wildman–Crippen MR) is 134 cm³/mol. The van der Waals surface area contributed by atoms with Gasteiger partial charge in [0.2, 0.25) is 5.91 Å². The predicted octanol–water partition coefficient (Wildman–Crippen LogP) is 5.94. The van der Waals surface area contributed by atoms with Crippen LogP contribution in [0.1, 0.15) is 11.1 Å². The van der Waals surface area contributed by atoms with Gasteiger partial charge in [-0.1, -0.05) is 35.5 Å². The molecule has 1 N–H and O–H groups in total. The number of anilines is 1. The number of nitrogens with zero attached hydrogens (tertiary/aromatic N) is 3. The average molecular weight is 479 g/mol. The third-order valence-electron chi connectivity index (χ3n) is 5.07. The van der Waals surface area contributed by atoms with Gasteiger partial charge in [0.15, 0.2) is 11.0 Å². The fourth-order valence-corrected chi connectivity index (χ4v) is 4.18. The second-order valence-electron chi connectivity index (χ2n) is 7.50. The number of ether oxygens (including phenoxy) is 1. The van der Waals surface area contributed by atoms with Crippen molar-refractivity contribution < 1.29 is 9.53 Å². The highest BCUT2D eigenvalue weighted by molar-refractivity contribution is 7.99. The number of nitrogens with one attached hydrogen (secondary N) is 1. The van der Waals surface area contributed by atoms with Gasteiger partial charge in [0.25, 0.3) is 0 Å². The molecule has 0 radical (unpaired) electrons. The highest BCUT2D eigenvalue weighted by Gasteiger charge is 2.18. The minimum atomic E-state index is -0.106.